The monoisotopic (exact) mass is 486 g/mol. The second kappa shape index (κ2) is 8.48. The topological polar surface area (TPSA) is 89.7 Å². The molecule has 3 heterocycles. The summed E-state index contributed by atoms with van der Waals surface area (Å²) in [7, 11) is 0. The number of halogens is 1. The van der Waals surface area contributed by atoms with Crippen LogP contribution in [0.1, 0.15) is 24.4 Å². The molecule has 2 aliphatic heterocycles. The molecule has 9 heteroatoms. The second-order valence-corrected chi connectivity index (χ2v) is 8.53. The fourth-order valence-electron chi connectivity index (χ4n) is 4.30. The molecule has 8 nitrogen and oxygen atoms in total. The fourth-order valence-corrected chi connectivity index (χ4v) is 4.43. The lowest BCUT2D eigenvalue weighted by atomic mass is 9.94. The summed E-state index contributed by atoms with van der Waals surface area (Å²) >= 11 is 6.02. The van der Waals surface area contributed by atoms with Crippen molar-refractivity contribution in [2.45, 2.75) is 13.0 Å². The van der Waals surface area contributed by atoms with Crippen LogP contribution < -0.4 is 19.7 Å². The number of aromatic nitrogens is 2. The van der Waals surface area contributed by atoms with Crippen molar-refractivity contribution in [2.75, 3.05) is 11.7 Å². The summed E-state index contributed by atoms with van der Waals surface area (Å²) in [4.78, 5) is 19.6. The van der Waals surface area contributed by atoms with Gasteiger partial charge in [-0.3, -0.25) is 4.90 Å². The van der Waals surface area contributed by atoms with Gasteiger partial charge in [-0.2, -0.15) is 4.98 Å². The van der Waals surface area contributed by atoms with Crippen LogP contribution in [-0.2, 0) is 0 Å². The van der Waals surface area contributed by atoms with Gasteiger partial charge in [0.15, 0.2) is 11.5 Å². The fraction of sp³-hybridized carbons (Fsp3) is 0.115. The molecule has 6 rings (SSSR count). The van der Waals surface area contributed by atoms with Crippen molar-refractivity contribution in [1.82, 2.24) is 15.5 Å². The van der Waals surface area contributed by atoms with E-state index < -0.39 is 6.04 Å². The van der Waals surface area contributed by atoms with Gasteiger partial charge in [0.1, 0.15) is 0 Å². The van der Waals surface area contributed by atoms with Crippen molar-refractivity contribution < 1.29 is 18.8 Å². The van der Waals surface area contributed by atoms with E-state index in [-0.39, 0.29) is 12.8 Å². The Morgan fingerprint density at radius 3 is 2.57 bits per heavy atom. The molecule has 1 atom stereocenters. The largest absolute Gasteiger partial charge is 0.454 e. The Labute approximate surface area is 205 Å². The quantitative estimate of drug-likeness (QED) is 0.391. The highest BCUT2D eigenvalue weighted by molar-refractivity contribution is 6.30. The Morgan fingerprint density at radius 1 is 1.00 bits per heavy atom. The van der Waals surface area contributed by atoms with Crippen LogP contribution in [0.15, 0.2) is 83.0 Å². The SMILES string of the molecule is CC1=C(c2nc(-c3ccc(Cl)cc3)no2)C(c2ccccc2)NC(=O)N1c1ccc2c(c1)OCO2. The number of rotatable bonds is 4. The lowest BCUT2D eigenvalue weighted by molar-refractivity contribution is 0.174. The highest BCUT2D eigenvalue weighted by Gasteiger charge is 2.37. The number of carbonyl (C=O) groups is 1. The molecule has 3 aromatic carbocycles. The molecular weight excluding hydrogens is 468 g/mol. The number of allylic oxidation sites excluding steroid dienone is 1. The van der Waals surface area contributed by atoms with Crippen LogP contribution in [0.4, 0.5) is 10.5 Å². The maximum Gasteiger partial charge on any atom is 0.327 e. The molecule has 2 aliphatic rings. The van der Waals surface area contributed by atoms with Crippen molar-refractivity contribution in [3.05, 3.63) is 95.0 Å². The van der Waals surface area contributed by atoms with Crippen molar-refractivity contribution >= 4 is 28.9 Å². The van der Waals surface area contributed by atoms with Gasteiger partial charge < -0.3 is 19.3 Å². The number of fused-ring (bicyclic) bond motifs is 1. The van der Waals surface area contributed by atoms with Crippen LogP contribution in [0.5, 0.6) is 11.5 Å². The molecule has 0 radical (unpaired) electrons. The number of hydrogen-bond acceptors (Lipinski definition) is 6. The summed E-state index contributed by atoms with van der Waals surface area (Å²) in [6.07, 6.45) is 0. The zero-order chi connectivity index (χ0) is 23.9. The molecule has 0 saturated carbocycles. The molecule has 0 saturated heterocycles. The maximum absolute atomic E-state index is 13.4. The predicted molar refractivity (Wildman–Crippen MR) is 130 cm³/mol. The van der Waals surface area contributed by atoms with E-state index in [9.17, 15) is 4.79 Å². The van der Waals surface area contributed by atoms with E-state index in [1.807, 2.05) is 55.5 Å². The second-order valence-electron chi connectivity index (χ2n) is 8.10. The summed E-state index contributed by atoms with van der Waals surface area (Å²) in [5.41, 5.74) is 3.65. The first-order valence-electron chi connectivity index (χ1n) is 10.9. The van der Waals surface area contributed by atoms with Crippen molar-refractivity contribution in [2.24, 2.45) is 0 Å². The lowest BCUT2D eigenvalue weighted by Gasteiger charge is -2.35. The number of ether oxygens (including phenoxy) is 2. The number of urea groups is 1. The van der Waals surface area contributed by atoms with Gasteiger partial charge in [0.05, 0.1) is 17.3 Å². The third-order valence-electron chi connectivity index (χ3n) is 5.99. The molecule has 1 unspecified atom stereocenters. The van der Waals surface area contributed by atoms with E-state index in [4.69, 9.17) is 25.6 Å². The van der Waals surface area contributed by atoms with Crippen LogP contribution in [0.3, 0.4) is 0 Å². The molecule has 1 aromatic heterocycles. The Morgan fingerprint density at radius 2 is 1.77 bits per heavy atom. The number of nitrogens with one attached hydrogen (secondary N) is 1. The van der Waals surface area contributed by atoms with Gasteiger partial charge in [0.25, 0.3) is 5.89 Å². The summed E-state index contributed by atoms with van der Waals surface area (Å²) in [5.74, 6) is 1.96. The van der Waals surface area contributed by atoms with Gasteiger partial charge >= 0.3 is 6.03 Å². The first-order chi connectivity index (χ1) is 17.1. The van der Waals surface area contributed by atoms with Crippen LogP contribution in [0.2, 0.25) is 5.02 Å². The molecule has 0 aliphatic carbocycles. The van der Waals surface area contributed by atoms with Gasteiger partial charge in [-0.25, -0.2) is 4.79 Å². The van der Waals surface area contributed by atoms with Crippen LogP contribution in [0.25, 0.3) is 17.0 Å². The molecule has 2 amide bonds. The van der Waals surface area contributed by atoms with Crippen LogP contribution in [0, 0.1) is 0 Å². The van der Waals surface area contributed by atoms with Crippen LogP contribution in [-0.4, -0.2) is 23.0 Å². The van der Waals surface area contributed by atoms with Gasteiger partial charge in [-0.15, -0.1) is 0 Å². The number of nitrogens with zero attached hydrogens (tertiary/aromatic N) is 3. The minimum absolute atomic E-state index is 0.149. The first-order valence-corrected chi connectivity index (χ1v) is 11.3. The molecule has 1 N–H and O–H groups in total. The van der Waals surface area contributed by atoms with E-state index >= 15 is 0 Å². The first kappa shape index (κ1) is 21.2. The Bertz CT molecular complexity index is 1450. The van der Waals surface area contributed by atoms with E-state index in [0.717, 1.165) is 11.1 Å². The normalized spacial score (nSPS) is 17.0. The zero-order valence-corrected chi connectivity index (χ0v) is 19.3. The van der Waals surface area contributed by atoms with Gasteiger partial charge in [-0.05, 0) is 48.9 Å². The smallest absolute Gasteiger partial charge is 0.327 e. The van der Waals surface area contributed by atoms with E-state index in [1.165, 1.54) is 0 Å². The van der Waals surface area contributed by atoms with Gasteiger partial charge in [0.2, 0.25) is 12.6 Å². The molecule has 0 spiro atoms. The predicted octanol–water partition coefficient (Wildman–Crippen LogP) is 5.82. The summed E-state index contributed by atoms with van der Waals surface area (Å²) in [6.45, 7) is 2.01. The Kier molecular flexibility index (Phi) is 5.15. The highest BCUT2D eigenvalue weighted by atomic mass is 35.5. The number of carbonyl (C=O) groups excluding carboxylic acids is 1. The van der Waals surface area contributed by atoms with E-state index in [0.29, 0.717) is 45.2 Å². The number of hydrogen-bond donors (Lipinski definition) is 1. The minimum atomic E-state index is -0.479. The number of amides is 2. The summed E-state index contributed by atoms with van der Waals surface area (Å²) in [6, 6.07) is 21.5. The molecule has 0 bridgehead atoms. The average molecular weight is 487 g/mol. The van der Waals surface area contributed by atoms with Crippen molar-refractivity contribution in [1.29, 1.82) is 0 Å². The third-order valence-corrected chi connectivity index (χ3v) is 6.24. The Balaban J connectivity index is 1.48. The minimum Gasteiger partial charge on any atom is -0.454 e. The van der Waals surface area contributed by atoms with Gasteiger partial charge in [-0.1, -0.05) is 47.1 Å². The zero-order valence-electron chi connectivity index (χ0n) is 18.6. The highest BCUT2D eigenvalue weighted by Crippen LogP contribution is 2.42. The third kappa shape index (κ3) is 3.77. The summed E-state index contributed by atoms with van der Waals surface area (Å²) in [5, 5.41) is 7.90. The van der Waals surface area contributed by atoms with Crippen molar-refractivity contribution in [3.8, 4) is 22.9 Å². The number of anilines is 1. The van der Waals surface area contributed by atoms with E-state index in [2.05, 4.69) is 15.5 Å². The maximum atomic E-state index is 13.4. The molecule has 0 fully saturated rings. The van der Waals surface area contributed by atoms with E-state index in [1.54, 1.807) is 29.2 Å². The van der Waals surface area contributed by atoms with Crippen LogP contribution >= 0.6 is 11.6 Å². The molecule has 174 valence electrons. The van der Waals surface area contributed by atoms with Gasteiger partial charge in [0, 0.05) is 22.3 Å². The molecular formula is C26H19ClN4O4. The lowest BCUT2D eigenvalue weighted by Crippen LogP contribution is -2.46. The molecule has 35 heavy (non-hydrogen) atoms. The molecule has 4 aromatic rings. The van der Waals surface area contributed by atoms with Crippen molar-refractivity contribution in [3.63, 3.8) is 0 Å². The average Bonchev–Trinajstić information content (AvgIpc) is 3.54. The Hall–Kier alpha value is -4.30. The summed E-state index contributed by atoms with van der Waals surface area (Å²) < 4.78 is 16.7. The standard InChI is InChI=1S/C26H19ClN4O4/c1-15-22(25-29-24(30-35-25)17-7-9-18(27)10-8-17)23(16-5-3-2-4-6-16)28-26(32)31(15)19-11-12-20-21(13-19)34-14-33-20/h2-13,23H,14H2,1H3,(H,28,32). The number of benzene rings is 3.